The van der Waals surface area contributed by atoms with Gasteiger partial charge in [0.05, 0.1) is 25.2 Å². The molecule has 1 unspecified atom stereocenters. The van der Waals surface area contributed by atoms with Crippen LogP contribution in [0.5, 0.6) is 11.5 Å². The summed E-state index contributed by atoms with van der Waals surface area (Å²) in [7, 11) is -0.936. The van der Waals surface area contributed by atoms with E-state index in [1.807, 2.05) is 37.3 Å². The Morgan fingerprint density at radius 1 is 0.871 bits per heavy atom. The van der Waals surface area contributed by atoms with Gasteiger partial charge in [-0.05, 0) is 48.9 Å². The second-order valence-electron chi connectivity index (χ2n) is 6.81. The number of carbonyl (C=O) groups is 1. The molecule has 2 N–H and O–H groups in total. The molecule has 7 nitrogen and oxygen atoms in total. The van der Waals surface area contributed by atoms with Crippen molar-refractivity contribution in [3.05, 3.63) is 83.9 Å². The van der Waals surface area contributed by atoms with Gasteiger partial charge in [-0.3, -0.25) is 9.52 Å². The van der Waals surface area contributed by atoms with Gasteiger partial charge in [0.2, 0.25) is 0 Å². The summed E-state index contributed by atoms with van der Waals surface area (Å²) in [5.74, 6) is 0.497. The van der Waals surface area contributed by atoms with Gasteiger partial charge in [0.25, 0.3) is 15.9 Å². The number of amides is 1. The van der Waals surface area contributed by atoms with Crippen molar-refractivity contribution in [1.29, 1.82) is 0 Å². The number of benzene rings is 3. The number of anilines is 1. The summed E-state index contributed by atoms with van der Waals surface area (Å²) in [6.07, 6.45) is 0. The third-order valence-electron chi connectivity index (χ3n) is 4.71. The molecule has 1 atom stereocenters. The Morgan fingerprint density at radius 2 is 1.52 bits per heavy atom. The van der Waals surface area contributed by atoms with E-state index in [-0.39, 0.29) is 16.8 Å². The van der Waals surface area contributed by atoms with E-state index in [1.165, 1.54) is 32.4 Å². The van der Waals surface area contributed by atoms with Crippen molar-refractivity contribution < 1.29 is 22.7 Å². The van der Waals surface area contributed by atoms with Crippen molar-refractivity contribution in [3.63, 3.8) is 0 Å². The third-order valence-corrected chi connectivity index (χ3v) is 6.09. The Hall–Kier alpha value is -3.52. The molecule has 0 aliphatic rings. The average molecular weight is 441 g/mol. The lowest BCUT2D eigenvalue weighted by molar-refractivity contribution is 0.0940. The zero-order chi connectivity index (χ0) is 22.4. The van der Waals surface area contributed by atoms with Crippen molar-refractivity contribution in [2.45, 2.75) is 17.9 Å². The number of hydrogen-bond acceptors (Lipinski definition) is 5. The fourth-order valence-corrected chi connectivity index (χ4v) is 4.07. The van der Waals surface area contributed by atoms with Gasteiger partial charge in [0.1, 0.15) is 0 Å². The maximum atomic E-state index is 12.7. The molecule has 0 aromatic heterocycles. The maximum Gasteiger partial charge on any atom is 0.262 e. The summed E-state index contributed by atoms with van der Waals surface area (Å²) in [6.45, 7) is 1.90. The van der Waals surface area contributed by atoms with Crippen LogP contribution >= 0.6 is 0 Å². The summed E-state index contributed by atoms with van der Waals surface area (Å²) >= 11 is 0. The average Bonchev–Trinajstić information content (AvgIpc) is 2.79. The predicted octanol–water partition coefficient (Wildman–Crippen LogP) is 4.00. The molecule has 162 valence electrons. The van der Waals surface area contributed by atoms with Gasteiger partial charge >= 0.3 is 0 Å². The van der Waals surface area contributed by atoms with Gasteiger partial charge in [-0.15, -0.1) is 0 Å². The molecule has 31 heavy (non-hydrogen) atoms. The fourth-order valence-electron chi connectivity index (χ4n) is 2.99. The van der Waals surface area contributed by atoms with Crippen molar-refractivity contribution >= 4 is 21.6 Å². The molecule has 0 radical (unpaired) electrons. The van der Waals surface area contributed by atoms with Gasteiger partial charge in [-0.2, -0.15) is 0 Å². The summed E-state index contributed by atoms with van der Waals surface area (Å²) in [6, 6.07) is 20.0. The van der Waals surface area contributed by atoms with Crippen LogP contribution in [0.3, 0.4) is 0 Å². The number of hydrogen-bond donors (Lipinski definition) is 2. The number of methoxy groups -OCH3 is 2. The zero-order valence-electron chi connectivity index (χ0n) is 17.5. The summed E-state index contributed by atoms with van der Waals surface area (Å²) in [4.78, 5) is 12.5. The second-order valence-corrected chi connectivity index (χ2v) is 8.49. The van der Waals surface area contributed by atoms with E-state index in [2.05, 4.69) is 10.0 Å². The molecule has 0 aliphatic heterocycles. The molecule has 0 spiro atoms. The standard InChI is InChI=1S/C23H24N2O5S/c1-16(17-7-5-4-6-8-17)24-23(26)18-9-11-19(12-10-18)25-31(27,28)20-13-14-21(29-2)22(15-20)30-3/h4-16,25H,1-3H3,(H,24,26). The number of carbonyl (C=O) groups excluding carboxylic acids is 1. The van der Waals surface area contributed by atoms with Gasteiger partial charge < -0.3 is 14.8 Å². The highest BCUT2D eigenvalue weighted by Gasteiger charge is 2.18. The zero-order valence-corrected chi connectivity index (χ0v) is 18.3. The van der Waals surface area contributed by atoms with Gasteiger partial charge in [0, 0.05) is 17.3 Å². The molecular weight excluding hydrogens is 416 g/mol. The Labute approximate surface area is 182 Å². The molecule has 0 bridgehead atoms. The summed E-state index contributed by atoms with van der Waals surface area (Å²) in [5.41, 5.74) is 1.76. The lowest BCUT2D eigenvalue weighted by Crippen LogP contribution is -2.26. The van der Waals surface area contributed by atoms with E-state index in [9.17, 15) is 13.2 Å². The van der Waals surface area contributed by atoms with E-state index in [0.717, 1.165) is 5.56 Å². The molecule has 0 saturated heterocycles. The van der Waals surface area contributed by atoms with Crippen molar-refractivity contribution in [2.24, 2.45) is 0 Å². The predicted molar refractivity (Wildman–Crippen MR) is 119 cm³/mol. The molecular formula is C23H24N2O5S. The number of rotatable bonds is 8. The number of nitrogens with one attached hydrogen (secondary N) is 2. The molecule has 8 heteroatoms. The molecule has 0 aliphatic carbocycles. The maximum absolute atomic E-state index is 12.7. The van der Waals surface area contributed by atoms with Crippen LogP contribution in [0.1, 0.15) is 28.9 Å². The molecule has 1 amide bonds. The van der Waals surface area contributed by atoms with Gasteiger partial charge in [-0.1, -0.05) is 30.3 Å². The normalized spacial score (nSPS) is 12.0. The topological polar surface area (TPSA) is 93.7 Å². The molecule has 3 aromatic carbocycles. The first-order valence-electron chi connectivity index (χ1n) is 9.55. The minimum Gasteiger partial charge on any atom is -0.493 e. The van der Waals surface area contributed by atoms with Crippen molar-refractivity contribution in [3.8, 4) is 11.5 Å². The number of ether oxygens (including phenoxy) is 2. The van der Waals surface area contributed by atoms with Crippen molar-refractivity contribution in [2.75, 3.05) is 18.9 Å². The monoisotopic (exact) mass is 440 g/mol. The molecule has 3 aromatic rings. The molecule has 0 heterocycles. The van der Waals surface area contributed by atoms with Crippen LogP contribution < -0.4 is 19.5 Å². The fraction of sp³-hybridized carbons (Fsp3) is 0.174. The third kappa shape index (κ3) is 5.35. The minimum absolute atomic E-state index is 0.0312. The lowest BCUT2D eigenvalue weighted by atomic mass is 10.1. The minimum atomic E-state index is -3.85. The first kappa shape index (κ1) is 22.2. The van der Waals surface area contributed by atoms with Crippen LogP contribution in [-0.4, -0.2) is 28.5 Å². The van der Waals surface area contributed by atoms with Crippen LogP contribution in [-0.2, 0) is 10.0 Å². The van der Waals surface area contributed by atoms with Crippen LogP contribution in [0.25, 0.3) is 0 Å². The van der Waals surface area contributed by atoms with Gasteiger partial charge in [0.15, 0.2) is 11.5 Å². The van der Waals surface area contributed by atoms with Crippen LogP contribution in [0.15, 0.2) is 77.7 Å². The van der Waals surface area contributed by atoms with Crippen LogP contribution in [0.4, 0.5) is 5.69 Å². The SMILES string of the molecule is COc1ccc(S(=O)(=O)Nc2ccc(C(=O)NC(C)c3ccccc3)cc2)cc1OC. The van der Waals surface area contributed by atoms with Crippen molar-refractivity contribution in [1.82, 2.24) is 5.32 Å². The van der Waals surface area contributed by atoms with Crippen LogP contribution in [0, 0.1) is 0 Å². The summed E-state index contributed by atoms with van der Waals surface area (Å²) in [5, 5.41) is 2.93. The Balaban J connectivity index is 1.70. The van der Waals surface area contributed by atoms with E-state index >= 15 is 0 Å². The quantitative estimate of drug-likeness (QED) is 0.552. The summed E-state index contributed by atoms with van der Waals surface area (Å²) < 4.78 is 38.2. The van der Waals surface area contributed by atoms with E-state index < -0.39 is 10.0 Å². The first-order valence-corrected chi connectivity index (χ1v) is 11.0. The lowest BCUT2D eigenvalue weighted by Gasteiger charge is -2.15. The van der Waals surface area contributed by atoms with E-state index in [0.29, 0.717) is 22.7 Å². The second kappa shape index (κ2) is 9.53. The molecule has 3 rings (SSSR count). The Bertz CT molecular complexity index is 1150. The molecule has 0 saturated carbocycles. The highest BCUT2D eigenvalue weighted by molar-refractivity contribution is 7.92. The number of sulfonamides is 1. The Kier molecular flexibility index (Phi) is 6.81. The smallest absolute Gasteiger partial charge is 0.262 e. The van der Waals surface area contributed by atoms with Gasteiger partial charge in [-0.25, -0.2) is 8.42 Å². The largest absolute Gasteiger partial charge is 0.493 e. The van der Waals surface area contributed by atoms with E-state index in [1.54, 1.807) is 24.3 Å². The highest BCUT2D eigenvalue weighted by atomic mass is 32.2. The van der Waals surface area contributed by atoms with E-state index in [4.69, 9.17) is 9.47 Å². The highest BCUT2D eigenvalue weighted by Crippen LogP contribution is 2.30. The first-order chi connectivity index (χ1) is 14.8. The Morgan fingerprint density at radius 3 is 2.13 bits per heavy atom. The molecule has 0 fully saturated rings. The van der Waals surface area contributed by atoms with Crippen LogP contribution in [0.2, 0.25) is 0 Å².